The Morgan fingerprint density at radius 2 is 2.26 bits per heavy atom. The molecule has 1 aromatic carbocycles. The molecular weight excluding hydrogens is 314 g/mol. The summed E-state index contributed by atoms with van der Waals surface area (Å²) in [6.07, 6.45) is 8.81. The number of anilines is 1. The molecule has 6 heteroatoms. The molecule has 1 aromatic heterocycles. The van der Waals surface area contributed by atoms with Crippen LogP contribution in [0, 0.1) is 16.0 Å². The van der Waals surface area contributed by atoms with Gasteiger partial charge in [0.1, 0.15) is 0 Å². The van der Waals surface area contributed by atoms with Crippen LogP contribution >= 0.6 is 11.6 Å². The lowest BCUT2D eigenvalue weighted by atomic mass is 9.77. The fourth-order valence-electron chi connectivity index (χ4n) is 3.64. The molecule has 0 saturated carbocycles. The van der Waals surface area contributed by atoms with Crippen molar-refractivity contribution < 1.29 is 4.92 Å². The van der Waals surface area contributed by atoms with E-state index in [1.165, 1.54) is 6.07 Å². The van der Waals surface area contributed by atoms with Gasteiger partial charge in [0.2, 0.25) is 0 Å². The Morgan fingerprint density at radius 1 is 1.39 bits per heavy atom. The minimum atomic E-state index is -0.396. The van der Waals surface area contributed by atoms with E-state index in [4.69, 9.17) is 11.6 Å². The number of aromatic nitrogens is 1. The van der Waals surface area contributed by atoms with Crippen LogP contribution in [0.3, 0.4) is 0 Å². The minimum absolute atomic E-state index is 0.0365. The highest BCUT2D eigenvalue weighted by Gasteiger charge is 2.39. The third-order valence-corrected chi connectivity index (χ3v) is 4.96. The van der Waals surface area contributed by atoms with Crippen molar-refractivity contribution in [1.82, 2.24) is 4.98 Å². The lowest BCUT2D eigenvalue weighted by Crippen LogP contribution is -2.29. The molecule has 0 spiro atoms. The predicted octanol–water partition coefficient (Wildman–Crippen LogP) is 4.47. The number of halogens is 1. The van der Waals surface area contributed by atoms with Gasteiger partial charge in [0.05, 0.1) is 21.7 Å². The number of hydrogen-bond acceptors (Lipinski definition) is 4. The molecule has 23 heavy (non-hydrogen) atoms. The number of hydrogen-bond donors (Lipinski definition) is 1. The summed E-state index contributed by atoms with van der Waals surface area (Å²) in [5, 5.41) is 15.0. The normalized spacial score (nSPS) is 24.7. The molecule has 0 saturated heterocycles. The molecule has 5 nitrogen and oxygen atoms in total. The summed E-state index contributed by atoms with van der Waals surface area (Å²) in [6, 6.07) is 7.11. The van der Waals surface area contributed by atoms with Crippen LogP contribution in [-0.2, 0) is 0 Å². The lowest BCUT2D eigenvalue weighted by molar-refractivity contribution is -0.384. The molecule has 2 heterocycles. The van der Waals surface area contributed by atoms with E-state index in [0.29, 0.717) is 10.9 Å². The van der Waals surface area contributed by atoms with Crippen LogP contribution in [-0.4, -0.2) is 9.91 Å². The zero-order chi connectivity index (χ0) is 16.0. The topological polar surface area (TPSA) is 68.1 Å². The van der Waals surface area contributed by atoms with Gasteiger partial charge in [-0.3, -0.25) is 15.1 Å². The van der Waals surface area contributed by atoms with Gasteiger partial charge in [-0.25, -0.2) is 0 Å². The van der Waals surface area contributed by atoms with Crippen LogP contribution in [0.5, 0.6) is 0 Å². The summed E-state index contributed by atoms with van der Waals surface area (Å²) in [6.45, 7) is 0. The quantitative estimate of drug-likeness (QED) is 0.502. The van der Waals surface area contributed by atoms with Crippen LogP contribution in [0.2, 0.25) is 5.02 Å². The second kappa shape index (κ2) is 5.35. The summed E-state index contributed by atoms with van der Waals surface area (Å²) >= 11 is 6.33. The number of benzene rings is 1. The molecule has 4 rings (SSSR count). The molecule has 2 aromatic rings. The van der Waals surface area contributed by atoms with Gasteiger partial charge in [0.25, 0.3) is 5.69 Å². The number of nitro groups is 1. The van der Waals surface area contributed by atoms with Crippen molar-refractivity contribution in [1.29, 1.82) is 0 Å². The van der Waals surface area contributed by atoms with Gasteiger partial charge in [-0.1, -0.05) is 29.8 Å². The number of pyridine rings is 1. The van der Waals surface area contributed by atoms with Gasteiger partial charge in [-0.05, 0) is 29.5 Å². The molecule has 3 atom stereocenters. The molecule has 1 aliphatic heterocycles. The van der Waals surface area contributed by atoms with Crippen molar-refractivity contribution >= 4 is 23.0 Å². The number of fused-ring (bicyclic) bond motifs is 3. The highest BCUT2D eigenvalue weighted by molar-refractivity contribution is 6.33. The molecule has 0 amide bonds. The monoisotopic (exact) mass is 327 g/mol. The van der Waals surface area contributed by atoms with Gasteiger partial charge in [0.15, 0.2) is 0 Å². The highest BCUT2D eigenvalue weighted by atomic mass is 35.5. The lowest BCUT2D eigenvalue weighted by Gasteiger charge is -2.37. The van der Waals surface area contributed by atoms with Crippen LogP contribution in [0.1, 0.15) is 29.5 Å². The molecule has 2 aliphatic rings. The fourth-order valence-corrected chi connectivity index (χ4v) is 3.91. The van der Waals surface area contributed by atoms with E-state index in [2.05, 4.69) is 22.5 Å². The SMILES string of the molecule is O=[N+]([O-])c1cc(Cl)c2c(c1)[C@@H]1C=CC[C@H]1[C@H](c1cccnc1)N2. The van der Waals surface area contributed by atoms with Crippen LogP contribution in [0.25, 0.3) is 0 Å². The third kappa shape index (κ3) is 2.28. The number of rotatable bonds is 2. The predicted molar refractivity (Wildman–Crippen MR) is 88.7 cm³/mol. The molecule has 1 aliphatic carbocycles. The van der Waals surface area contributed by atoms with E-state index < -0.39 is 4.92 Å². The van der Waals surface area contributed by atoms with E-state index in [9.17, 15) is 10.1 Å². The number of non-ortho nitro benzene ring substituents is 1. The Labute approximate surface area is 138 Å². The largest absolute Gasteiger partial charge is 0.376 e. The maximum Gasteiger partial charge on any atom is 0.271 e. The maximum absolute atomic E-state index is 11.1. The van der Waals surface area contributed by atoms with Crippen molar-refractivity contribution in [3.63, 3.8) is 0 Å². The number of allylic oxidation sites excluding steroid dienone is 2. The zero-order valence-electron chi connectivity index (χ0n) is 12.1. The first-order valence-corrected chi connectivity index (χ1v) is 7.84. The number of nitrogens with zero attached hydrogens (tertiary/aromatic N) is 2. The van der Waals surface area contributed by atoms with Crippen molar-refractivity contribution in [3.05, 3.63) is 75.1 Å². The average Bonchev–Trinajstić information content (AvgIpc) is 3.04. The number of nitrogens with one attached hydrogen (secondary N) is 1. The molecule has 0 radical (unpaired) electrons. The summed E-state index contributed by atoms with van der Waals surface area (Å²) in [5.74, 6) is 0.443. The first kappa shape index (κ1) is 14.2. The molecule has 0 fully saturated rings. The van der Waals surface area contributed by atoms with E-state index in [1.54, 1.807) is 12.3 Å². The van der Waals surface area contributed by atoms with E-state index in [0.717, 1.165) is 23.2 Å². The van der Waals surface area contributed by atoms with Crippen molar-refractivity contribution in [2.75, 3.05) is 5.32 Å². The summed E-state index contributed by atoms with van der Waals surface area (Å²) in [5.41, 5.74) is 2.84. The van der Waals surface area contributed by atoms with Gasteiger partial charge in [-0.15, -0.1) is 0 Å². The standard InChI is InChI=1S/C17H14ClN3O2/c18-15-8-11(21(22)23)7-14-12-4-1-5-13(12)16(20-17(14)15)10-3-2-6-19-9-10/h1-4,6-9,12-13,16,20H,5H2/t12-,13-,16+/m1/s1. The molecular formula is C17H14ClN3O2. The van der Waals surface area contributed by atoms with Crippen molar-refractivity contribution in [3.8, 4) is 0 Å². The van der Waals surface area contributed by atoms with Gasteiger partial charge < -0.3 is 5.32 Å². The third-order valence-electron chi connectivity index (χ3n) is 4.66. The molecule has 1 N–H and O–H groups in total. The Kier molecular flexibility index (Phi) is 3.31. The van der Waals surface area contributed by atoms with Crippen molar-refractivity contribution in [2.24, 2.45) is 5.92 Å². The van der Waals surface area contributed by atoms with Gasteiger partial charge in [-0.2, -0.15) is 0 Å². The zero-order valence-corrected chi connectivity index (χ0v) is 12.9. The van der Waals surface area contributed by atoms with Crippen LogP contribution < -0.4 is 5.32 Å². The first-order valence-electron chi connectivity index (χ1n) is 7.46. The average molecular weight is 328 g/mol. The van der Waals surface area contributed by atoms with E-state index >= 15 is 0 Å². The Bertz CT molecular complexity index is 807. The number of nitro benzene ring substituents is 1. The first-order chi connectivity index (χ1) is 11.1. The maximum atomic E-state index is 11.1. The van der Waals surface area contributed by atoms with Crippen LogP contribution in [0.4, 0.5) is 11.4 Å². The molecule has 116 valence electrons. The summed E-state index contributed by atoms with van der Waals surface area (Å²) < 4.78 is 0. The molecule has 0 bridgehead atoms. The Morgan fingerprint density at radius 3 is 3.00 bits per heavy atom. The van der Waals surface area contributed by atoms with E-state index in [-0.39, 0.29) is 17.6 Å². The highest BCUT2D eigenvalue weighted by Crippen LogP contribution is 2.52. The second-order valence-electron chi connectivity index (χ2n) is 5.91. The van der Waals surface area contributed by atoms with Gasteiger partial charge >= 0.3 is 0 Å². The summed E-state index contributed by atoms with van der Waals surface area (Å²) in [7, 11) is 0. The van der Waals surface area contributed by atoms with Crippen molar-refractivity contribution in [2.45, 2.75) is 18.4 Å². The second-order valence-corrected chi connectivity index (χ2v) is 6.32. The molecule has 0 unspecified atom stereocenters. The fraction of sp³-hybridized carbons (Fsp3) is 0.235. The van der Waals surface area contributed by atoms with Crippen LogP contribution in [0.15, 0.2) is 48.8 Å². The van der Waals surface area contributed by atoms with Gasteiger partial charge in [0, 0.05) is 30.4 Å². The Hall–Kier alpha value is -2.40. The smallest absolute Gasteiger partial charge is 0.271 e. The van der Waals surface area contributed by atoms with E-state index in [1.807, 2.05) is 18.3 Å². The minimum Gasteiger partial charge on any atom is -0.376 e. The Balaban J connectivity index is 1.84. The summed E-state index contributed by atoms with van der Waals surface area (Å²) in [4.78, 5) is 14.9.